The van der Waals surface area contributed by atoms with Crippen molar-refractivity contribution in [3.05, 3.63) is 0 Å². The molecule has 4 rings (SSSR count). The third-order valence-corrected chi connectivity index (χ3v) is 9.48. The van der Waals surface area contributed by atoms with Gasteiger partial charge in [-0.25, -0.2) is 4.79 Å². The van der Waals surface area contributed by atoms with E-state index in [9.17, 15) is 14.4 Å². The largest absolute Gasteiger partial charge is 0.327 e. The average Bonchev–Trinajstić information content (AvgIpc) is 3.40. The molecule has 1 spiro atoms. The molecule has 2 aliphatic heterocycles. The van der Waals surface area contributed by atoms with E-state index >= 15 is 0 Å². The number of ketones is 1. The molecular weight excluding hydrogens is 402 g/mol. The molecule has 0 aromatic heterocycles. The standard InChI is InChI=1S/C26H43N3O3/c1-25(20-12-8-9-13-20)23(31)29(24(32)28(25)2)19-22(30)21-18-27-17-16-26(21)14-10-6-4-3-5-7-11-15-26/h20-21,27H,3-19H2,1-2H3. The van der Waals surface area contributed by atoms with E-state index in [0.29, 0.717) is 6.54 Å². The molecule has 0 aromatic rings. The van der Waals surface area contributed by atoms with E-state index in [0.717, 1.165) is 51.5 Å². The number of likely N-dealkylation sites (N-methyl/N-ethyl adjacent to an activating group) is 1. The van der Waals surface area contributed by atoms with Gasteiger partial charge in [0.15, 0.2) is 5.78 Å². The Labute approximate surface area is 193 Å². The topological polar surface area (TPSA) is 69.7 Å². The number of Topliss-reactive ketones (excluding diaryl/α,β-unsaturated/α-hetero) is 1. The van der Waals surface area contributed by atoms with Gasteiger partial charge in [-0.3, -0.25) is 14.5 Å². The zero-order valence-corrected chi connectivity index (χ0v) is 20.3. The highest BCUT2D eigenvalue weighted by Crippen LogP contribution is 2.46. The molecule has 6 nitrogen and oxygen atoms in total. The van der Waals surface area contributed by atoms with E-state index in [4.69, 9.17) is 0 Å². The summed E-state index contributed by atoms with van der Waals surface area (Å²) in [5.41, 5.74) is -0.765. The number of nitrogens with zero attached hydrogens (tertiary/aromatic N) is 2. The highest BCUT2D eigenvalue weighted by atomic mass is 16.2. The summed E-state index contributed by atoms with van der Waals surface area (Å²) in [4.78, 5) is 43.2. The summed E-state index contributed by atoms with van der Waals surface area (Å²) in [5, 5.41) is 3.45. The number of amides is 3. The Morgan fingerprint density at radius 1 is 0.938 bits per heavy atom. The van der Waals surface area contributed by atoms with Gasteiger partial charge in [0.25, 0.3) is 5.91 Å². The van der Waals surface area contributed by atoms with Crippen molar-refractivity contribution in [3.8, 4) is 0 Å². The summed E-state index contributed by atoms with van der Waals surface area (Å²) in [6.45, 7) is 3.51. The number of rotatable bonds is 4. The number of imide groups is 1. The first kappa shape index (κ1) is 23.7. The molecule has 4 aliphatic rings. The average molecular weight is 446 g/mol. The number of nitrogens with one attached hydrogen (secondary N) is 1. The molecule has 0 bridgehead atoms. The zero-order valence-electron chi connectivity index (χ0n) is 20.3. The van der Waals surface area contributed by atoms with Crippen LogP contribution in [0.5, 0.6) is 0 Å². The van der Waals surface area contributed by atoms with Gasteiger partial charge in [-0.05, 0) is 56.9 Å². The molecule has 2 saturated carbocycles. The van der Waals surface area contributed by atoms with Crippen LogP contribution in [-0.2, 0) is 9.59 Å². The van der Waals surface area contributed by atoms with Gasteiger partial charge >= 0.3 is 6.03 Å². The molecule has 1 N–H and O–H groups in total. The lowest BCUT2D eigenvalue weighted by molar-refractivity contribution is -0.139. The summed E-state index contributed by atoms with van der Waals surface area (Å²) in [6, 6.07) is -0.290. The summed E-state index contributed by atoms with van der Waals surface area (Å²) in [7, 11) is 1.74. The van der Waals surface area contributed by atoms with Crippen LogP contribution in [0.15, 0.2) is 0 Å². The quantitative estimate of drug-likeness (QED) is 0.646. The van der Waals surface area contributed by atoms with Crippen LogP contribution >= 0.6 is 0 Å². The molecule has 32 heavy (non-hydrogen) atoms. The summed E-state index contributed by atoms with van der Waals surface area (Å²) < 4.78 is 0. The van der Waals surface area contributed by atoms with Gasteiger partial charge in [0.2, 0.25) is 0 Å². The Morgan fingerprint density at radius 2 is 1.53 bits per heavy atom. The van der Waals surface area contributed by atoms with Crippen LogP contribution in [0.3, 0.4) is 0 Å². The molecule has 0 radical (unpaired) electrons. The van der Waals surface area contributed by atoms with E-state index in [1.54, 1.807) is 11.9 Å². The van der Waals surface area contributed by atoms with Gasteiger partial charge in [-0.1, -0.05) is 57.8 Å². The molecule has 4 fully saturated rings. The van der Waals surface area contributed by atoms with Crippen LogP contribution in [-0.4, -0.2) is 59.7 Å². The minimum atomic E-state index is -0.799. The summed E-state index contributed by atoms with van der Waals surface area (Å²) in [6.07, 6.45) is 16.3. The van der Waals surface area contributed by atoms with Crippen LogP contribution in [0.4, 0.5) is 4.79 Å². The second kappa shape index (κ2) is 9.82. The molecule has 2 unspecified atom stereocenters. The van der Waals surface area contributed by atoms with E-state index in [-0.39, 0.29) is 41.5 Å². The molecular formula is C26H43N3O3. The Morgan fingerprint density at radius 3 is 2.16 bits per heavy atom. The van der Waals surface area contributed by atoms with Crippen molar-refractivity contribution >= 4 is 17.7 Å². The number of hydrogen-bond acceptors (Lipinski definition) is 4. The molecule has 2 saturated heterocycles. The number of carbonyl (C=O) groups excluding carboxylic acids is 3. The second-order valence-electron chi connectivity index (χ2n) is 11.2. The maximum Gasteiger partial charge on any atom is 0.327 e. The summed E-state index contributed by atoms with van der Waals surface area (Å²) >= 11 is 0. The molecule has 180 valence electrons. The third-order valence-electron chi connectivity index (χ3n) is 9.48. The highest BCUT2D eigenvalue weighted by molar-refractivity contribution is 6.09. The van der Waals surface area contributed by atoms with Gasteiger partial charge in [-0.15, -0.1) is 0 Å². The van der Waals surface area contributed by atoms with Crippen LogP contribution in [0.25, 0.3) is 0 Å². The van der Waals surface area contributed by atoms with Gasteiger partial charge in [0.05, 0.1) is 6.54 Å². The van der Waals surface area contributed by atoms with Crippen molar-refractivity contribution in [3.63, 3.8) is 0 Å². The predicted molar refractivity (Wildman–Crippen MR) is 125 cm³/mol. The van der Waals surface area contributed by atoms with Crippen LogP contribution < -0.4 is 5.32 Å². The van der Waals surface area contributed by atoms with Crippen molar-refractivity contribution in [1.82, 2.24) is 15.1 Å². The van der Waals surface area contributed by atoms with Gasteiger partial charge < -0.3 is 10.2 Å². The normalized spacial score (nSPS) is 32.6. The zero-order chi connectivity index (χ0) is 22.8. The van der Waals surface area contributed by atoms with Crippen LogP contribution in [0.2, 0.25) is 0 Å². The number of piperidine rings is 1. The van der Waals surface area contributed by atoms with Gasteiger partial charge in [0, 0.05) is 19.5 Å². The minimum Gasteiger partial charge on any atom is -0.316 e. The van der Waals surface area contributed by atoms with E-state index in [2.05, 4.69) is 5.32 Å². The monoisotopic (exact) mass is 445 g/mol. The lowest BCUT2D eigenvalue weighted by Crippen LogP contribution is -2.52. The second-order valence-corrected chi connectivity index (χ2v) is 11.2. The maximum absolute atomic E-state index is 13.7. The number of carbonyl (C=O) groups is 3. The lowest BCUT2D eigenvalue weighted by atomic mass is 9.63. The first-order valence-electron chi connectivity index (χ1n) is 13.2. The Balaban J connectivity index is 1.51. The van der Waals surface area contributed by atoms with Crippen molar-refractivity contribution in [2.24, 2.45) is 17.3 Å². The van der Waals surface area contributed by atoms with Gasteiger partial charge in [-0.2, -0.15) is 0 Å². The maximum atomic E-state index is 13.7. The molecule has 0 aromatic carbocycles. The SMILES string of the molecule is CN1C(=O)N(CC(=O)C2CNCCC23CCCCCCCCC3)C(=O)C1(C)C1CCCC1. The highest BCUT2D eigenvalue weighted by Gasteiger charge is 2.57. The first-order chi connectivity index (χ1) is 15.4. The van der Waals surface area contributed by atoms with Crippen LogP contribution in [0.1, 0.15) is 96.8 Å². The van der Waals surface area contributed by atoms with Crippen LogP contribution in [0, 0.1) is 17.3 Å². The Bertz CT molecular complexity index is 707. The Kier molecular flexibility index (Phi) is 7.28. The molecule has 6 heteroatoms. The molecule has 2 heterocycles. The number of urea groups is 1. The first-order valence-corrected chi connectivity index (χ1v) is 13.2. The van der Waals surface area contributed by atoms with Gasteiger partial charge in [0.1, 0.15) is 5.54 Å². The Hall–Kier alpha value is -1.43. The van der Waals surface area contributed by atoms with E-state index < -0.39 is 5.54 Å². The fourth-order valence-electron chi connectivity index (χ4n) is 7.22. The lowest BCUT2D eigenvalue weighted by Gasteiger charge is -2.45. The van der Waals surface area contributed by atoms with Crippen molar-refractivity contribution in [2.75, 3.05) is 26.7 Å². The molecule has 2 atom stereocenters. The molecule has 3 amide bonds. The fourth-order valence-corrected chi connectivity index (χ4v) is 7.22. The summed E-state index contributed by atoms with van der Waals surface area (Å²) in [5.74, 6) is 0.0269. The van der Waals surface area contributed by atoms with Crippen molar-refractivity contribution in [2.45, 2.75) is 102 Å². The van der Waals surface area contributed by atoms with Crippen molar-refractivity contribution < 1.29 is 14.4 Å². The van der Waals surface area contributed by atoms with Crippen molar-refractivity contribution in [1.29, 1.82) is 0 Å². The smallest absolute Gasteiger partial charge is 0.316 e. The number of hydrogen-bond donors (Lipinski definition) is 1. The van der Waals surface area contributed by atoms with E-state index in [1.165, 1.54) is 49.8 Å². The molecule has 2 aliphatic carbocycles. The fraction of sp³-hybridized carbons (Fsp3) is 0.885. The van der Waals surface area contributed by atoms with E-state index in [1.807, 2.05) is 6.92 Å². The minimum absolute atomic E-state index is 0.0339. The third kappa shape index (κ3) is 4.24. The predicted octanol–water partition coefficient (Wildman–Crippen LogP) is 4.52.